The first-order chi connectivity index (χ1) is 6.77. The Morgan fingerprint density at radius 2 is 2.14 bits per heavy atom. The van der Waals surface area contributed by atoms with Crippen molar-refractivity contribution in [2.75, 3.05) is 13.8 Å². The average molecular weight is 196 g/mol. The second kappa shape index (κ2) is 5.37. The summed E-state index contributed by atoms with van der Waals surface area (Å²) in [6, 6.07) is 7.44. The zero-order valence-corrected chi connectivity index (χ0v) is 8.13. The summed E-state index contributed by atoms with van der Waals surface area (Å²) in [5.74, 6) is 0.384. The summed E-state index contributed by atoms with van der Waals surface area (Å²) >= 11 is 0. The minimum Gasteiger partial charge on any atom is -0.496 e. The van der Waals surface area contributed by atoms with Crippen molar-refractivity contribution >= 4 is 5.78 Å². The number of aryl methyl sites for hydroxylation is 1. The number of halogens is 1. The molecule has 0 fully saturated rings. The van der Waals surface area contributed by atoms with Crippen LogP contribution in [0, 0.1) is 0 Å². The summed E-state index contributed by atoms with van der Waals surface area (Å²) in [5.41, 5.74) is 0.941. The number of hydrogen-bond acceptors (Lipinski definition) is 2. The summed E-state index contributed by atoms with van der Waals surface area (Å²) in [6.45, 7) is -0.880. The molecule has 0 aliphatic carbocycles. The molecule has 0 spiro atoms. The lowest BCUT2D eigenvalue weighted by atomic mass is 10.1. The number of rotatable bonds is 5. The Labute approximate surface area is 82.7 Å². The van der Waals surface area contributed by atoms with Gasteiger partial charge >= 0.3 is 0 Å². The van der Waals surface area contributed by atoms with Gasteiger partial charge in [0, 0.05) is 6.42 Å². The minimum atomic E-state index is -0.880. The number of ether oxygens (including phenoxy) is 1. The number of alkyl halides is 1. The lowest BCUT2D eigenvalue weighted by Crippen LogP contribution is -2.02. The molecule has 1 aromatic rings. The van der Waals surface area contributed by atoms with Crippen LogP contribution < -0.4 is 4.74 Å². The van der Waals surface area contributed by atoms with Crippen molar-refractivity contribution < 1.29 is 13.9 Å². The molecule has 1 aromatic carbocycles. The molecule has 0 N–H and O–H groups in total. The maximum absolute atomic E-state index is 11.9. The molecule has 3 heteroatoms. The maximum Gasteiger partial charge on any atom is 0.164 e. The molecule has 14 heavy (non-hydrogen) atoms. The van der Waals surface area contributed by atoms with E-state index in [1.165, 1.54) is 0 Å². The van der Waals surface area contributed by atoms with Crippen molar-refractivity contribution in [2.24, 2.45) is 0 Å². The van der Waals surface area contributed by atoms with E-state index in [9.17, 15) is 9.18 Å². The van der Waals surface area contributed by atoms with Gasteiger partial charge in [-0.05, 0) is 18.1 Å². The van der Waals surface area contributed by atoms with Crippen LogP contribution in [0.2, 0.25) is 0 Å². The molecule has 1 rings (SSSR count). The van der Waals surface area contributed by atoms with E-state index < -0.39 is 6.67 Å². The summed E-state index contributed by atoms with van der Waals surface area (Å²) in [4.78, 5) is 10.8. The number of carbonyl (C=O) groups excluding carboxylic acids is 1. The van der Waals surface area contributed by atoms with Crippen molar-refractivity contribution in [3.05, 3.63) is 29.8 Å². The van der Waals surface area contributed by atoms with Crippen LogP contribution in [-0.2, 0) is 11.2 Å². The van der Waals surface area contributed by atoms with Crippen LogP contribution in [0.4, 0.5) is 4.39 Å². The van der Waals surface area contributed by atoms with Crippen LogP contribution in [-0.4, -0.2) is 19.6 Å². The third-order valence-corrected chi connectivity index (χ3v) is 2.01. The van der Waals surface area contributed by atoms with Crippen molar-refractivity contribution in [3.63, 3.8) is 0 Å². The van der Waals surface area contributed by atoms with Crippen LogP contribution in [0.25, 0.3) is 0 Å². The standard InChI is InChI=1S/C11H13FO2/c1-14-11-5-3-2-4-9(11)6-7-10(13)8-12/h2-5H,6-8H2,1H3. The molecule has 76 valence electrons. The molecule has 0 saturated heterocycles. The molecular weight excluding hydrogens is 183 g/mol. The highest BCUT2D eigenvalue weighted by Crippen LogP contribution is 2.18. The Balaban J connectivity index is 2.61. The predicted molar refractivity (Wildman–Crippen MR) is 52.3 cm³/mol. The summed E-state index contributed by atoms with van der Waals surface area (Å²) < 4.78 is 17.0. The van der Waals surface area contributed by atoms with Gasteiger partial charge in [0.1, 0.15) is 12.4 Å². The van der Waals surface area contributed by atoms with Gasteiger partial charge in [0.05, 0.1) is 7.11 Å². The zero-order valence-electron chi connectivity index (χ0n) is 8.13. The summed E-state index contributed by atoms with van der Waals surface area (Å²) in [7, 11) is 1.58. The van der Waals surface area contributed by atoms with E-state index in [1.807, 2.05) is 24.3 Å². The Morgan fingerprint density at radius 3 is 2.79 bits per heavy atom. The van der Waals surface area contributed by atoms with Gasteiger partial charge in [-0.3, -0.25) is 4.79 Å². The fourth-order valence-corrected chi connectivity index (χ4v) is 1.25. The van der Waals surface area contributed by atoms with Crippen molar-refractivity contribution in [2.45, 2.75) is 12.8 Å². The van der Waals surface area contributed by atoms with Gasteiger partial charge in [-0.25, -0.2) is 4.39 Å². The van der Waals surface area contributed by atoms with Crippen molar-refractivity contribution in [1.29, 1.82) is 0 Å². The number of methoxy groups -OCH3 is 1. The molecule has 0 amide bonds. The Kier molecular flexibility index (Phi) is 4.11. The van der Waals surface area contributed by atoms with Crippen molar-refractivity contribution in [3.8, 4) is 5.75 Å². The van der Waals surface area contributed by atoms with E-state index in [4.69, 9.17) is 4.74 Å². The highest BCUT2D eigenvalue weighted by molar-refractivity contribution is 5.79. The fraction of sp³-hybridized carbons (Fsp3) is 0.364. The number of hydrogen-bond donors (Lipinski definition) is 0. The number of benzene rings is 1. The summed E-state index contributed by atoms with van der Waals surface area (Å²) in [6.07, 6.45) is 0.767. The molecule has 0 radical (unpaired) electrons. The second-order valence-electron chi connectivity index (χ2n) is 2.98. The Morgan fingerprint density at radius 1 is 1.43 bits per heavy atom. The Bertz CT molecular complexity index is 310. The lowest BCUT2D eigenvalue weighted by molar-refractivity contribution is -0.119. The summed E-state index contributed by atoms with van der Waals surface area (Å²) in [5, 5.41) is 0. The molecule has 0 bridgehead atoms. The van der Waals surface area contributed by atoms with Gasteiger partial charge in [-0.2, -0.15) is 0 Å². The van der Waals surface area contributed by atoms with E-state index in [-0.39, 0.29) is 12.2 Å². The van der Waals surface area contributed by atoms with E-state index in [0.29, 0.717) is 6.42 Å². The first-order valence-electron chi connectivity index (χ1n) is 4.47. The van der Waals surface area contributed by atoms with Crippen molar-refractivity contribution in [1.82, 2.24) is 0 Å². The smallest absolute Gasteiger partial charge is 0.164 e. The van der Waals surface area contributed by atoms with Gasteiger partial charge < -0.3 is 4.74 Å². The van der Waals surface area contributed by atoms with Crippen LogP contribution in [0.3, 0.4) is 0 Å². The number of Topliss-reactive ketones (excluding diaryl/α,β-unsaturated/α-hetero) is 1. The van der Waals surface area contributed by atoms with Crippen LogP contribution >= 0.6 is 0 Å². The first-order valence-corrected chi connectivity index (χ1v) is 4.47. The molecule has 0 heterocycles. The van der Waals surface area contributed by atoms with Gasteiger partial charge in [-0.1, -0.05) is 18.2 Å². The van der Waals surface area contributed by atoms with Gasteiger partial charge in [0.25, 0.3) is 0 Å². The van der Waals surface area contributed by atoms with E-state index in [0.717, 1.165) is 11.3 Å². The maximum atomic E-state index is 11.9. The normalized spacial score (nSPS) is 9.86. The third-order valence-electron chi connectivity index (χ3n) is 2.01. The highest BCUT2D eigenvalue weighted by Gasteiger charge is 2.05. The lowest BCUT2D eigenvalue weighted by Gasteiger charge is -2.06. The average Bonchev–Trinajstić information content (AvgIpc) is 2.26. The topological polar surface area (TPSA) is 26.3 Å². The number of carbonyl (C=O) groups is 1. The van der Waals surface area contributed by atoms with Gasteiger partial charge in [0.2, 0.25) is 0 Å². The fourth-order valence-electron chi connectivity index (χ4n) is 1.25. The predicted octanol–water partition coefficient (Wildman–Crippen LogP) is 2.17. The van der Waals surface area contributed by atoms with Gasteiger partial charge in [-0.15, -0.1) is 0 Å². The molecular formula is C11H13FO2. The Hall–Kier alpha value is -1.38. The van der Waals surface area contributed by atoms with E-state index >= 15 is 0 Å². The second-order valence-corrected chi connectivity index (χ2v) is 2.98. The van der Waals surface area contributed by atoms with Crippen LogP contribution in [0.1, 0.15) is 12.0 Å². The molecule has 2 nitrogen and oxygen atoms in total. The molecule has 0 atom stereocenters. The SMILES string of the molecule is COc1ccccc1CCC(=O)CF. The number of ketones is 1. The third kappa shape index (κ3) is 2.83. The highest BCUT2D eigenvalue weighted by atomic mass is 19.1. The van der Waals surface area contributed by atoms with Gasteiger partial charge in [0.15, 0.2) is 5.78 Å². The molecule has 0 unspecified atom stereocenters. The molecule has 0 aliphatic heterocycles. The number of para-hydroxylation sites is 1. The van der Waals surface area contributed by atoms with E-state index in [2.05, 4.69) is 0 Å². The van der Waals surface area contributed by atoms with Crippen LogP contribution in [0.15, 0.2) is 24.3 Å². The zero-order chi connectivity index (χ0) is 10.4. The molecule has 0 aliphatic rings. The molecule has 0 aromatic heterocycles. The molecule has 0 saturated carbocycles. The quantitative estimate of drug-likeness (QED) is 0.721. The largest absolute Gasteiger partial charge is 0.496 e. The van der Waals surface area contributed by atoms with E-state index in [1.54, 1.807) is 7.11 Å². The monoisotopic (exact) mass is 196 g/mol. The van der Waals surface area contributed by atoms with Crippen LogP contribution in [0.5, 0.6) is 5.75 Å². The minimum absolute atomic E-state index is 0.233. The first kappa shape index (κ1) is 10.7.